The van der Waals surface area contributed by atoms with Crippen molar-refractivity contribution in [1.29, 1.82) is 0 Å². The Morgan fingerprint density at radius 3 is 2.50 bits per heavy atom. The third kappa shape index (κ3) is 2.12. The van der Waals surface area contributed by atoms with Crippen LogP contribution in [0.4, 0.5) is 0 Å². The van der Waals surface area contributed by atoms with Crippen LogP contribution in [0.25, 0.3) is 0 Å². The van der Waals surface area contributed by atoms with Gasteiger partial charge in [-0.2, -0.15) is 0 Å². The van der Waals surface area contributed by atoms with E-state index in [4.69, 9.17) is 0 Å². The Bertz CT molecular complexity index is 146. The minimum Gasteiger partial charge on any atom is -0.103 e. The highest BCUT2D eigenvalue weighted by Crippen LogP contribution is 2.38. The lowest BCUT2D eigenvalue weighted by Gasteiger charge is -2.35. The molecule has 1 aliphatic rings. The molecule has 1 rings (SSSR count). The molecule has 1 fully saturated rings. The van der Waals surface area contributed by atoms with Crippen LogP contribution in [0.2, 0.25) is 0 Å². The lowest BCUT2D eigenvalue weighted by atomic mass is 9.70. The molecule has 0 heterocycles. The largest absolute Gasteiger partial charge is 0.103 e. The molecule has 70 valence electrons. The van der Waals surface area contributed by atoms with Crippen LogP contribution in [0, 0.1) is 23.7 Å². The first-order valence-corrected chi connectivity index (χ1v) is 5.27. The lowest BCUT2D eigenvalue weighted by Crippen LogP contribution is -2.26. The van der Waals surface area contributed by atoms with Crippen molar-refractivity contribution in [3.63, 3.8) is 0 Å². The van der Waals surface area contributed by atoms with E-state index < -0.39 is 0 Å². The second-order valence-electron chi connectivity index (χ2n) is 4.73. The van der Waals surface area contributed by atoms with Gasteiger partial charge in [0.15, 0.2) is 0 Å². The summed E-state index contributed by atoms with van der Waals surface area (Å²) in [7, 11) is 0. The maximum absolute atomic E-state index is 3.95. The van der Waals surface area contributed by atoms with Gasteiger partial charge in [-0.15, -0.1) is 6.58 Å². The molecule has 1 saturated carbocycles. The van der Waals surface area contributed by atoms with Crippen LogP contribution in [0.3, 0.4) is 0 Å². The highest BCUT2D eigenvalue weighted by Gasteiger charge is 2.28. The Kier molecular flexibility index (Phi) is 3.37. The van der Waals surface area contributed by atoms with E-state index in [0.717, 1.165) is 23.7 Å². The summed E-state index contributed by atoms with van der Waals surface area (Å²) in [6, 6.07) is 0. The summed E-state index contributed by atoms with van der Waals surface area (Å²) in [6.07, 6.45) is 6.38. The predicted octanol–water partition coefficient (Wildman–Crippen LogP) is 3.88. The van der Waals surface area contributed by atoms with Gasteiger partial charge in [-0.3, -0.25) is 0 Å². The van der Waals surface area contributed by atoms with Crippen molar-refractivity contribution in [1.82, 2.24) is 0 Å². The van der Waals surface area contributed by atoms with E-state index in [0.29, 0.717) is 0 Å². The van der Waals surface area contributed by atoms with E-state index in [1.165, 1.54) is 19.3 Å². The minimum atomic E-state index is 0.786. The monoisotopic (exact) mass is 166 g/mol. The zero-order valence-corrected chi connectivity index (χ0v) is 8.72. The molecular weight excluding hydrogens is 144 g/mol. The van der Waals surface area contributed by atoms with Gasteiger partial charge in [0.05, 0.1) is 0 Å². The van der Waals surface area contributed by atoms with Crippen LogP contribution in [-0.4, -0.2) is 0 Å². The number of rotatable bonds is 2. The molecule has 0 heteroatoms. The van der Waals surface area contributed by atoms with Gasteiger partial charge < -0.3 is 0 Å². The Morgan fingerprint density at radius 2 is 2.00 bits per heavy atom. The zero-order valence-electron chi connectivity index (χ0n) is 8.72. The van der Waals surface area contributed by atoms with Gasteiger partial charge in [-0.1, -0.05) is 33.3 Å². The molecule has 12 heavy (non-hydrogen) atoms. The Morgan fingerprint density at radius 1 is 1.33 bits per heavy atom. The van der Waals surface area contributed by atoms with Crippen LogP contribution < -0.4 is 0 Å². The Hall–Kier alpha value is -0.260. The first-order valence-electron chi connectivity index (χ1n) is 5.27. The fraction of sp³-hybridized carbons (Fsp3) is 0.833. The van der Waals surface area contributed by atoms with Crippen LogP contribution in [-0.2, 0) is 0 Å². The van der Waals surface area contributed by atoms with E-state index in [9.17, 15) is 0 Å². The molecular formula is C12H22. The van der Waals surface area contributed by atoms with Crippen molar-refractivity contribution in [2.24, 2.45) is 23.7 Å². The highest BCUT2D eigenvalue weighted by molar-refractivity contribution is 4.90. The molecule has 0 amide bonds. The molecule has 0 spiro atoms. The van der Waals surface area contributed by atoms with Gasteiger partial charge in [0.1, 0.15) is 0 Å². The van der Waals surface area contributed by atoms with Gasteiger partial charge in [-0.05, 0) is 36.5 Å². The molecule has 0 aromatic heterocycles. The minimum absolute atomic E-state index is 0.786. The summed E-state index contributed by atoms with van der Waals surface area (Å²) < 4.78 is 0. The van der Waals surface area contributed by atoms with E-state index in [1.54, 1.807) is 0 Å². The van der Waals surface area contributed by atoms with Crippen molar-refractivity contribution >= 4 is 0 Å². The van der Waals surface area contributed by atoms with Crippen molar-refractivity contribution in [2.45, 2.75) is 40.0 Å². The third-order valence-corrected chi connectivity index (χ3v) is 3.38. The summed E-state index contributed by atoms with van der Waals surface area (Å²) in [5.74, 6) is 3.44. The van der Waals surface area contributed by atoms with Gasteiger partial charge in [0, 0.05) is 0 Å². The zero-order chi connectivity index (χ0) is 9.14. The number of hydrogen-bond acceptors (Lipinski definition) is 0. The second kappa shape index (κ2) is 4.11. The highest BCUT2D eigenvalue weighted by atomic mass is 14.3. The summed E-state index contributed by atoms with van der Waals surface area (Å²) >= 11 is 0. The maximum Gasteiger partial charge on any atom is -0.0203 e. The van der Waals surface area contributed by atoms with Gasteiger partial charge >= 0.3 is 0 Å². The molecule has 0 aromatic carbocycles. The van der Waals surface area contributed by atoms with Gasteiger partial charge in [0.25, 0.3) is 0 Å². The first kappa shape index (κ1) is 9.83. The van der Waals surface area contributed by atoms with Gasteiger partial charge in [0.2, 0.25) is 0 Å². The average molecular weight is 166 g/mol. The van der Waals surface area contributed by atoms with Crippen molar-refractivity contribution < 1.29 is 0 Å². The standard InChI is InChI=1S/C12H22/c1-5-11-8-10(4)6-7-12(11)9(2)3/h5,9-12H,1,6-8H2,2-4H3/t10-,11+,12+/m1/s1. The summed E-state index contributed by atoms with van der Waals surface area (Å²) in [4.78, 5) is 0. The molecule has 3 atom stereocenters. The van der Waals surface area contributed by atoms with E-state index in [-0.39, 0.29) is 0 Å². The van der Waals surface area contributed by atoms with Crippen molar-refractivity contribution in [3.8, 4) is 0 Å². The normalized spacial score (nSPS) is 36.8. The van der Waals surface area contributed by atoms with Gasteiger partial charge in [-0.25, -0.2) is 0 Å². The maximum atomic E-state index is 3.95. The van der Waals surface area contributed by atoms with E-state index in [1.807, 2.05) is 0 Å². The number of hydrogen-bond donors (Lipinski definition) is 0. The molecule has 0 aromatic rings. The van der Waals surface area contributed by atoms with E-state index in [2.05, 4.69) is 33.4 Å². The summed E-state index contributed by atoms with van der Waals surface area (Å²) in [5.41, 5.74) is 0. The molecule has 0 N–H and O–H groups in total. The van der Waals surface area contributed by atoms with Crippen molar-refractivity contribution in [3.05, 3.63) is 12.7 Å². The molecule has 0 radical (unpaired) electrons. The Labute approximate surface area is 77.1 Å². The smallest absolute Gasteiger partial charge is 0.0203 e. The number of allylic oxidation sites excluding steroid dienone is 1. The Balaban J connectivity index is 2.56. The van der Waals surface area contributed by atoms with Crippen molar-refractivity contribution in [2.75, 3.05) is 0 Å². The average Bonchev–Trinajstić information content (AvgIpc) is 2.03. The second-order valence-corrected chi connectivity index (χ2v) is 4.73. The van der Waals surface area contributed by atoms with Crippen LogP contribution in [0.5, 0.6) is 0 Å². The molecule has 0 nitrogen and oxygen atoms in total. The summed E-state index contributed by atoms with van der Waals surface area (Å²) in [6.45, 7) is 11.0. The lowest BCUT2D eigenvalue weighted by molar-refractivity contribution is 0.179. The first-order chi connectivity index (χ1) is 5.65. The fourth-order valence-electron chi connectivity index (χ4n) is 2.55. The topological polar surface area (TPSA) is 0 Å². The van der Waals surface area contributed by atoms with Crippen LogP contribution in [0.1, 0.15) is 40.0 Å². The SMILES string of the molecule is C=C[C@H]1C[C@H](C)CC[C@H]1C(C)C. The third-order valence-electron chi connectivity index (χ3n) is 3.38. The fourth-order valence-corrected chi connectivity index (χ4v) is 2.55. The van der Waals surface area contributed by atoms with E-state index >= 15 is 0 Å². The molecule has 0 unspecified atom stereocenters. The molecule has 0 saturated heterocycles. The molecule has 0 aliphatic heterocycles. The van der Waals surface area contributed by atoms with Crippen LogP contribution >= 0.6 is 0 Å². The quantitative estimate of drug-likeness (QED) is 0.546. The molecule has 0 bridgehead atoms. The van der Waals surface area contributed by atoms with Crippen LogP contribution in [0.15, 0.2) is 12.7 Å². The predicted molar refractivity (Wildman–Crippen MR) is 55.0 cm³/mol. The molecule has 1 aliphatic carbocycles. The summed E-state index contributed by atoms with van der Waals surface area (Å²) in [5, 5.41) is 0.